The van der Waals surface area contributed by atoms with Gasteiger partial charge in [-0.15, -0.1) is 21.5 Å². The molecule has 0 aliphatic heterocycles. The van der Waals surface area contributed by atoms with Crippen LogP contribution in [0, 0.1) is 0 Å². The van der Waals surface area contributed by atoms with Gasteiger partial charge in [0.2, 0.25) is 0 Å². The summed E-state index contributed by atoms with van der Waals surface area (Å²) in [7, 11) is 0. The first-order valence-electron chi connectivity index (χ1n) is 6.46. The molecular formula is C13H17N3S2. The van der Waals surface area contributed by atoms with Gasteiger partial charge in [0.05, 0.1) is 10.9 Å². The first-order valence-corrected chi connectivity index (χ1v) is 8.10. The zero-order valence-corrected chi connectivity index (χ0v) is 12.3. The molecule has 3 nitrogen and oxygen atoms in total. The lowest BCUT2D eigenvalue weighted by atomic mass is 10.2. The monoisotopic (exact) mass is 279 g/mol. The van der Waals surface area contributed by atoms with Gasteiger partial charge in [-0.2, -0.15) is 0 Å². The fraction of sp³-hybridized carbons (Fsp3) is 0.538. The molecule has 0 spiro atoms. The van der Waals surface area contributed by atoms with Crippen molar-refractivity contribution in [1.29, 1.82) is 0 Å². The molecule has 96 valence electrons. The maximum atomic E-state index is 4.34. The van der Waals surface area contributed by atoms with Gasteiger partial charge >= 0.3 is 0 Å². The standard InChI is InChI=1S/C13H17N3S2/c1-3-14-8(2)12-15-16-13(18-12)11-7-9-5-4-6-10(9)17-11/h7-8,14H,3-6H2,1-2H3. The minimum Gasteiger partial charge on any atom is -0.308 e. The van der Waals surface area contributed by atoms with E-state index in [4.69, 9.17) is 0 Å². The highest BCUT2D eigenvalue weighted by molar-refractivity contribution is 7.21. The topological polar surface area (TPSA) is 37.8 Å². The van der Waals surface area contributed by atoms with Gasteiger partial charge < -0.3 is 5.32 Å². The summed E-state index contributed by atoms with van der Waals surface area (Å²) in [5, 5.41) is 14.2. The fourth-order valence-electron chi connectivity index (χ4n) is 2.34. The van der Waals surface area contributed by atoms with Crippen LogP contribution >= 0.6 is 22.7 Å². The molecule has 2 aromatic rings. The Morgan fingerprint density at radius 1 is 1.33 bits per heavy atom. The third kappa shape index (κ3) is 2.22. The second kappa shape index (κ2) is 5.07. The predicted molar refractivity (Wildman–Crippen MR) is 77.3 cm³/mol. The Morgan fingerprint density at radius 3 is 3.00 bits per heavy atom. The summed E-state index contributed by atoms with van der Waals surface area (Å²) in [4.78, 5) is 2.86. The van der Waals surface area contributed by atoms with E-state index in [0.717, 1.165) is 16.6 Å². The summed E-state index contributed by atoms with van der Waals surface area (Å²) in [6, 6.07) is 2.61. The Hall–Kier alpha value is -0.780. The van der Waals surface area contributed by atoms with E-state index in [9.17, 15) is 0 Å². The van der Waals surface area contributed by atoms with E-state index < -0.39 is 0 Å². The molecule has 3 rings (SSSR count). The maximum absolute atomic E-state index is 4.34. The van der Waals surface area contributed by atoms with Crippen LogP contribution in [0.25, 0.3) is 9.88 Å². The quantitative estimate of drug-likeness (QED) is 0.932. The summed E-state index contributed by atoms with van der Waals surface area (Å²) in [5.41, 5.74) is 1.53. The van der Waals surface area contributed by atoms with Gasteiger partial charge in [0, 0.05) is 4.88 Å². The van der Waals surface area contributed by atoms with Crippen molar-refractivity contribution in [2.45, 2.75) is 39.2 Å². The van der Waals surface area contributed by atoms with Crippen molar-refractivity contribution in [3.63, 3.8) is 0 Å². The average Bonchev–Trinajstić information content (AvgIpc) is 3.03. The summed E-state index contributed by atoms with van der Waals surface area (Å²) in [5.74, 6) is 0. The molecule has 0 fully saturated rings. The van der Waals surface area contributed by atoms with Crippen molar-refractivity contribution in [2.24, 2.45) is 0 Å². The molecule has 0 aromatic carbocycles. The highest BCUT2D eigenvalue weighted by Crippen LogP contribution is 2.38. The van der Waals surface area contributed by atoms with E-state index in [1.54, 1.807) is 16.2 Å². The van der Waals surface area contributed by atoms with Crippen molar-refractivity contribution in [2.75, 3.05) is 6.54 Å². The van der Waals surface area contributed by atoms with Gasteiger partial charge in [0.15, 0.2) is 5.01 Å². The number of nitrogens with zero attached hydrogens (tertiary/aromatic N) is 2. The molecule has 0 saturated heterocycles. The fourth-order valence-corrected chi connectivity index (χ4v) is 4.50. The lowest BCUT2D eigenvalue weighted by Gasteiger charge is -2.06. The Kier molecular flexibility index (Phi) is 3.46. The van der Waals surface area contributed by atoms with Gasteiger partial charge in [-0.3, -0.25) is 0 Å². The predicted octanol–water partition coefficient (Wildman–Crippen LogP) is 3.43. The second-order valence-corrected chi connectivity index (χ2v) is 6.78. The molecule has 1 unspecified atom stereocenters. The summed E-state index contributed by atoms with van der Waals surface area (Å²) >= 11 is 3.62. The van der Waals surface area contributed by atoms with Crippen molar-refractivity contribution >= 4 is 22.7 Å². The zero-order chi connectivity index (χ0) is 12.5. The smallest absolute Gasteiger partial charge is 0.157 e. The van der Waals surface area contributed by atoms with Crippen LogP contribution in [-0.2, 0) is 12.8 Å². The Bertz CT molecular complexity index is 523. The number of aromatic nitrogens is 2. The number of thiophene rings is 1. The Balaban J connectivity index is 1.84. The van der Waals surface area contributed by atoms with E-state index in [1.165, 1.54) is 29.7 Å². The number of rotatable bonds is 4. The normalized spacial score (nSPS) is 15.9. The van der Waals surface area contributed by atoms with Crippen LogP contribution in [0.4, 0.5) is 0 Å². The molecule has 18 heavy (non-hydrogen) atoms. The molecule has 2 aromatic heterocycles. The second-order valence-electron chi connectivity index (χ2n) is 4.64. The summed E-state index contributed by atoms with van der Waals surface area (Å²) in [6.07, 6.45) is 3.81. The van der Waals surface area contributed by atoms with Crippen molar-refractivity contribution < 1.29 is 0 Å². The molecule has 1 atom stereocenters. The molecule has 1 N–H and O–H groups in total. The van der Waals surface area contributed by atoms with Crippen molar-refractivity contribution in [1.82, 2.24) is 15.5 Å². The van der Waals surface area contributed by atoms with Gasteiger partial charge in [-0.1, -0.05) is 18.3 Å². The molecule has 0 radical (unpaired) electrons. The van der Waals surface area contributed by atoms with E-state index in [2.05, 4.69) is 35.4 Å². The molecule has 2 heterocycles. The Morgan fingerprint density at radius 2 is 2.22 bits per heavy atom. The highest BCUT2D eigenvalue weighted by Gasteiger charge is 2.18. The van der Waals surface area contributed by atoms with Crippen LogP contribution in [-0.4, -0.2) is 16.7 Å². The highest BCUT2D eigenvalue weighted by atomic mass is 32.1. The van der Waals surface area contributed by atoms with Crippen molar-refractivity contribution in [3.8, 4) is 9.88 Å². The maximum Gasteiger partial charge on any atom is 0.157 e. The van der Waals surface area contributed by atoms with Crippen LogP contribution in [0.15, 0.2) is 6.07 Å². The number of fused-ring (bicyclic) bond motifs is 1. The number of hydrogen-bond acceptors (Lipinski definition) is 5. The van der Waals surface area contributed by atoms with Gasteiger partial charge in [0.25, 0.3) is 0 Å². The molecule has 0 saturated carbocycles. The summed E-state index contributed by atoms with van der Waals surface area (Å²) < 4.78 is 0. The SMILES string of the molecule is CCNC(C)c1nnc(-c2cc3c(s2)CCC3)s1. The first kappa shape index (κ1) is 12.3. The molecule has 0 bridgehead atoms. The molecule has 0 amide bonds. The number of nitrogens with one attached hydrogen (secondary N) is 1. The van der Waals surface area contributed by atoms with Crippen LogP contribution in [0.3, 0.4) is 0 Å². The van der Waals surface area contributed by atoms with Gasteiger partial charge in [0.1, 0.15) is 5.01 Å². The zero-order valence-electron chi connectivity index (χ0n) is 10.7. The number of hydrogen-bond donors (Lipinski definition) is 1. The lowest BCUT2D eigenvalue weighted by molar-refractivity contribution is 0.590. The molecule has 5 heteroatoms. The molecule has 1 aliphatic carbocycles. The van der Waals surface area contributed by atoms with Gasteiger partial charge in [-0.25, -0.2) is 0 Å². The van der Waals surface area contributed by atoms with Crippen LogP contribution in [0.2, 0.25) is 0 Å². The third-order valence-corrected chi connectivity index (χ3v) is 5.79. The minimum atomic E-state index is 0.299. The largest absolute Gasteiger partial charge is 0.308 e. The first-order chi connectivity index (χ1) is 8.78. The number of aryl methyl sites for hydroxylation is 2. The van der Waals surface area contributed by atoms with Crippen LogP contribution < -0.4 is 5.32 Å². The summed E-state index contributed by atoms with van der Waals surface area (Å²) in [6.45, 7) is 5.22. The van der Waals surface area contributed by atoms with E-state index in [-0.39, 0.29) is 0 Å². The molecule has 1 aliphatic rings. The van der Waals surface area contributed by atoms with Gasteiger partial charge in [-0.05, 0) is 44.4 Å². The van der Waals surface area contributed by atoms with Crippen molar-refractivity contribution in [3.05, 3.63) is 21.5 Å². The minimum absolute atomic E-state index is 0.299. The van der Waals surface area contributed by atoms with E-state index >= 15 is 0 Å². The third-order valence-electron chi connectivity index (χ3n) is 3.28. The average molecular weight is 279 g/mol. The Labute approximate surface area is 115 Å². The van der Waals surface area contributed by atoms with Crippen LogP contribution in [0.5, 0.6) is 0 Å². The molecular weight excluding hydrogens is 262 g/mol. The lowest BCUT2D eigenvalue weighted by Crippen LogP contribution is -2.17. The van der Waals surface area contributed by atoms with E-state index in [1.807, 2.05) is 11.3 Å². The van der Waals surface area contributed by atoms with E-state index in [0.29, 0.717) is 6.04 Å². The van der Waals surface area contributed by atoms with Crippen LogP contribution in [0.1, 0.15) is 41.8 Å².